The van der Waals surface area contributed by atoms with Gasteiger partial charge in [-0.05, 0) is 25.2 Å². The number of pyridine rings is 1. The van der Waals surface area contributed by atoms with E-state index in [1.54, 1.807) is 18.2 Å². The van der Waals surface area contributed by atoms with E-state index in [0.29, 0.717) is 16.6 Å². The van der Waals surface area contributed by atoms with Gasteiger partial charge in [0.2, 0.25) is 0 Å². The Balaban J connectivity index is 2.06. The summed E-state index contributed by atoms with van der Waals surface area (Å²) in [5, 5.41) is 0.790. The molecule has 1 N–H and O–H groups in total. The average molecular weight is 261 g/mol. The van der Waals surface area contributed by atoms with E-state index < -0.39 is 0 Å². The zero-order valence-corrected chi connectivity index (χ0v) is 10.8. The number of aromatic nitrogens is 1. The molecule has 5 heteroatoms. The zero-order valence-electron chi connectivity index (χ0n) is 10.8. The van der Waals surface area contributed by atoms with Crippen LogP contribution in [0.2, 0.25) is 0 Å². The molecule has 1 aliphatic rings. The second-order valence-corrected chi connectivity index (χ2v) is 4.98. The van der Waals surface area contributed by atoms with Gasteiger partial charge < -0.3 is 14.8 Å². The SMILES string of the molecule is CN1CCN(c2cc3c(F)cccc3c(=O)[nH]2)CC1. The molecule has 0 radical (unpaired) electrons. The van der Waals surface area contributed by atoms with Crippen molar-refractivity contribution in [3.05, 3.63) is 40.4 Å². The van der Waals surface area contributed by atoms with Crippen molar-refractivity contribution in [1.29, 1.82) is 0 Å². The minimum Gasteiger partial charge on any atom is -0.356 e. The van der Waals surface area contributed by atoms with Crippen LogP contribution in [-0.4, -0.2) is 43.1 Å². The number of nitrogens with one attached hydrogen (secondary N) is 1. The molecule has 4 nitrogen and oxygen atoms in total. The first-order valence-corrected chi connectivity index (χ1v) is 6.40. The minimum absolute atomic E-state index is 0.231. The van der Waals surface area contributed by atoms with E-state index in [2.05, 4.69) is 21.8 Å². The lowest BCUT2D eigenvalue weighted by molar-refractivity contribution is 0.312. The van der Waals surface area contributed by atoms with E-state index in [1.165, 1.54) is 6.07 Å². The van der Waals surface area contributed by atoms with E-state index in [0.717, 1.165) is 26.2 Å². The summed E-state index contributed by atoms with van der Waals surface area (Å²) in [6.45, 7) is 3.56. The van der Waals surface area contributed by atoms with E-state index in [-0.39, 0.29) is 11.4 Å². The number of H-pyrrole nitrogens is 1. The summed E-state index contributed by atoms with van der Waals surface area (Å²) in [6, 6.07) is 6.32. The van der Waals surface area contributed by atoms with Gasteiger partial charge in [0.25, 0.3) is 5.56 Å². The fraction of sp³-hybridized carbons (Fsp3) is 0.357. The number of aromatic amines is 1. The number of likely N-dealkylation sites (N-methyl/N-ethyl adjacent to an activating group) is 1. The lowest BCUT2D eigenvalue weighted by Crippen LogP contribution is -2.45. The smallest absolute Gasteiger partial charge is 0.257 e. The van der Waals surface area contributed by atoms with Crippen molar-refractivity contribution in [2.24, 2.45) is 0 Å². The third kappa shape index (κ3) is 2.21. The molecule has 2 aromatic rings. The van der Waals surface area contributed by atoms with Crippen LogP contribution in [0.15, 0.2) is 29.1 Å². The van der Waals surface area contributed by atoms with Crippen LogP contribution in [0.1, 0.15) is 0 Å². The number of fused-ring (bicyclic) bond motifs is 1. The van der Waals surface area contributed by atoms with Crippen molar-refractivity contribution < 1.29 is 4.39 Å². The molecular formula is C14H16FN3O. The molecule has 1 aromatic heterocycles. The summed E-state index contributed by atoms with van der Waals surface area (Å²) in [5.41, 5.74) is -0.231. The number of nitrogens with zero attached hydrogens (tertiary/aromatic N) is 2. The Hall–Kier alpha value is -1.88. The first-order chi connectivity index (χ1) is 9.15. The molecule has 1 saturated heterocycles. The van der Waals surface area contributed by atoms with Crippen molar-refractivity contribution in [2.75, 3.05) is 38.1 Å². The minimum atomic E-state index is -0.348. The Morgan fingerprint density at radius 1 is 1.16 bits per heavy atom. The van der Waals surface area contributed by atoms with Crippen molar-refractivity contribution in [2.45, 2.75) is 0 Å². The molecule has 1 fully saturated rings. The molecule has 1 aromatic carbocycles. The molecule has 0 atom stereocenters. The molecule has 0 amide bonds. The van der Waals surface area contributed by atoms with Gasteiger partial charge in [-0.1, -0.05) is 6.07 Å². The quantitative estimate of drug-likeness (QED) is 0.844. The highest BCUT2D eigenvalue weighted by Crippen LogP contribution is 2.20. The highest BCUT2D eigenvalue weighted by molar-refractivity contribution is 5.84. The summed E-state index contributed by atoms with van der Waals surface area (Å²) in [4.78, 5) is 19.2. The summed E-state index contributed by atoms with van der Waals surface area (Å²) in [6.07, 6.45) is 0. The van der Waals surface area contributed by atoms with Crippen molar-refractivity contribution in [1.82, 2.24) is 9.88 Å². The highest BCUT2D eigenvalue weighted by atomic mass is 19.1. The van der Waals surface area contributed by atoms with Gasteiger partial charge >= 0.3 is 0 Å². The van der Waals surface area contributed by atoms with Crippen LogP contribution in [-0.2, 0) is 0 Å². The maximum atomic E-state index is 13.8. The van der Waals surface area contributed by atoms with Gasteiger partial charge in [-0.3, -0.25) is 4.79 Å². The predicted octanol–water partition coefficient (Wildman–Crippen LogP) is 1.42. The summed E-state index contributed by atoms with van der Waals surface area (Å²) < 4.78 is 13.8. The summed E-state index contributed by atoms with van der Waals surface area (Å²) >= 11 is 0. The molecule has 0 aliphatic carbocycles. The number of halogens is 1. The van der Waals surface area contributed by atoms with E-state index >= 15 is 0 Å². The first kappa shape index (κ1) is 12.2. The number of hydrogen-bond acceptors (Lipinski definition) is 3. The first-order valence-electron chi connectivity index (χ1n) is 6.40. The highest BCUT2D eigenvalue weighted by Gasteiger charge is 2.16. The van der Waals surface area contributed by atoms with Gasteiger partial charge in [-0.25, -0.2) is 4.39 Å². The lowest BCUT2D eigenvalue weighted by Gasteiger charge is -2.33. The molecule has 3 rings (SSSR count). The number of rotatable bonds is 1. The number of piperazine rings is 1. The Morgan fingerprint density at radius 2 is 1.89 bits per heavy atom. The van der Waals surface area contributed by atoms with Crippen LogP contribution >= 0.6 is 0 Å². The molecule has 19 heavy (non-hydrogen) atoms. The van der Waals surface area contributed by atoms with Crippen LogP contribution in [0, 0.1) is 5.82 Å². The van der Waals surface area contributed by atoms with E-state index in [1.807, 2.05) is 0 Å². The second-order valence-electron chi connectivity index (χ2n) is 4.98. The van der Waals surface area contributed by atoms with Gasteiger partial charge in [0.1, 0.15) is 11.6 Å². The number of hydrogen-bond donors (Lipinski definition) is 1. The molecule has 0 bridgehead atoms. The molecule has 1 aliphatic heterocycles. The molecule has 2 heterocycles. The van der Waals surface area contributed by atoms with Gasteiger partial charge in [-0.2, -0.15) is 0 Å². The van der Waals surface area contributed by atoms with Crippen LogP contribution in [0.25, 0.3) is 10.8 Å². The Bertz CT molecular complexity index is 659. The van der Waals surface area contributed by atoms with Crippen LogP contribution in [0.4, 0.5) is 10.2 Å². The fourth-order valence-electron chi connectivity index (χ4n) is 2.46. The van der Waals surface area contributed by atoms with Crippen molar-refractivity contribution in [3.63, 3.8) is 0 Å². The predicted molar refractivity (Wildman–Crippen MR) is 74.2 cm³/mol. The number of anilines is 1. The third-order valence-electron chi connectivity index (χ3n) is 3.66. The molecule has 0 saturated carbocycles. The fourth-order valence-corrected chi connectivity index (χ4v) is 2.46. The lowest BCUT2D eigenvalue weighted by atomic mass is 10.1. The molecule has 0 spiro atoms. The Labute approximate surface area is 110 Å². The van der Waals surface area contributed by atoms with Gasteiger partial charge in [0.05, 0.1) is 5.39 Å². The Kier molecular flexibility index (Phi) is 2.98. The number of benzene rings is 1. The van der Waals surface area contributed by atoms with Crippen LogP contribution in [0.3, 0.4) is 0 Å². The van der Waals surface area contributed by atoms with Gasteiger partial charge in [-0.15, -0.1) is 0 Å². The van der Waals surface area contributed by atoms with Crippen molar-refractivity contribution >= 4 is 16.6 Å². The normalized spacial score (nSPS) is 17.1. The van der Waals surface area contributed by atoms with E-state index in [9.17, 15) is 9.18 Å². The zero-order chi connectivity index (χ0) is 13.4. The monoisotopic (exact) mass is 261 g/mol. The van der Waals surface area contributed by atoms with Gasteiger partial charge in [0, 0.05) is 31.6 Å². The molecular weight excluding hydrogens is 245 g/mol. The second kappa shape index (κ2) is 4.66. The summed E-state index contributed by atoms with van der Waals surface area (Å²) in [7, 11) is 2.07. The average Bonchev–Trinajstić information content (AvgIpc) is 2.41. The summed E-state index contributed by atoms with van der Waals surface area (Å²) in [5.74, 6) is 0.356. The standard InChI is InChI=1S/C14H16FN3O/c1-17-5-7-18(8-6-17)13-9-11-10(14(19)16-13)3-2-4-12(11)15/h2-4,9H,5-8H2,1H3,(H,16,19). The maximum Gasteiger partial charge on any atom is 0.257 e. The molecule has 100 valence electrons. The topological polar surface area (TPSA) is 39.3 Å². The maximum absolute atomic E-state index is 13.8. The third-order valence-corrected chi connectivity index (χ3v) is 3.66. The Morgan fingerprint density at radius 3 is 2.63 bits per heavy atom. The van der Waals surface area contributed by atoms with E-state index in [4.69, 9.17) is 0 Å². The van der Waals surface area contributed by atoms with Crippen LogP contribution in [0.5, 0.6) is 0 Å². The van der Waals surface area contributed by atoms with Crippen molar-refractivity contribution in [3.8, 4) is 0 Å². The molecule has 0 unspecified atom stereocenters. The van der Waals surface area contributed by atoms with Crippen LogP contribution < -0.4 is 10.5 Å². The largest absolute Gasteiger partial charge is 0.356 e. The van der Waals surface area contributed by atoms with Gasteiger partial charge in [0.15, 0.2) is 0 Å².